The predicted octanol–water partition coefficient (Wildman–Crippen LogP) is 2.16. The molecule has 2 N–H and O–H groups in total. The van der Waals surface area contributed by atoms with E-state index in [1.54, 1.807) is 6.07 Å². The Balaban J connectivity index is 1.82. The van der Waals surface area contributed by atoms with Crippen LogP contribution in [0.15, 0.2) is 18.2 Å². The second-order valence-electron chi connectivity index (χ2n) is 6.49. The highest BCUT2D eigenvalue weighted by Gasteiger charge is 2.28. The Labute approximate surface area is 132 Å². The Hall–Kier alpha value is -0.810. The van der Waals surface area contributed by atoms with Crippen molar-refractivity contribution < 1.29 is 5.11 Å². The fourth-order valence-electron chi connectivity index (χ4n) is 2.70. The van der Waals surface area contributed by atoms with Gasteiger partial charge >= 0.3 is 0 Å². The summed E-state index contributed by atoms with van der Waals surface area (Å²) >= 11 is 5.93. The number of benzene rings is 1. The summed E-state index contributed by atoms with van der Waals surface area (Å²) in [5, 5.41) is 13.3. The smallest absolute Gasteiger partial charge is 0.134 e. The van der Waals surface area contributed by atoms with Crippen LogP contribution in [0.3, 0.4) is 0 Å². The van der Waals surface area contributed by atoms with E-state index in [-0.39, 0.29) is 11.3 Å². The molecule has 1 aliphatic rings. The van der Waals surface area contributed by atoms with Crippen molar-refractivity contribution in [3.05, 3.63) is 28.8 Å². The van der Waals surface area contributed by atoms with E-state index in [1.165, 1.54) is 0 Å². The number of likely N-dealkylation sites (N-methyl/N-ethyl adjacent to an activating group) is 1. The van der Waals surface area contributed by atoms with Crippen LogP contribution in [0.5, 0.6) is 5.75 Å². The lowest BCUT2D eigenvalue weighted by molar-refractivity contribution is 0.0618. The van der Waals surface area contributed by atoms with Gasteiger partial charge in [-0.2, -0.15) is 0 Å². The second kappa shape index (κ2) is 6.97. The summed E-state index contributed by atoms with van der Waals surface area (Å²) in [4.78, 5) is 4.92. The van der Waals surface area contributed by atoms with Crippen molar-refractivity contribution in [3.8, 4) is 5.75 Å². The largest absolute Gasteiger partial charge is 0.506 e. The summed E-state index contributed by atoms with van der Waals surface area (Å²) in [6.45, 7) is 10.8. The zero-order chi connectivity index (χ0) is 15.5. The number of phenols is 1. The Kier molecular flexibility index (Phi) is 5.49. The molecule has 1 heterocycles. The van der Waals surface area contributed by atoms with Crippen LogP contribution >= 0.6 is 11.6 Å². The highest BCUT2D eigenvalue weighted by molar-refractivity contribution is 6.32. The first-order valence-corrected chi connectivity index (χ1v) is 7.88. The molecule has 1 aromatic rings. The van der Waals surface area contributed by atoms with Gasteiger partial charge in [0.15, 0.2) is 0 Å². The number of aromatic hydroxyl groups is 1. The molecule has 118 valence electrons. The molecule has 2 rings (SSSR count). The van der Waals surface area contributed by atoms with Crippen molar-refractivity contribution >= 4 is 11.6 Å². The summed E-state index contributed by atoms with van der Waals surface area (Å²) in [5.41, 5.74) is 1.23. The number of nitrogens with one attached hydrogen (secondary N) is 1. The van der Waals surface area contributed by atoms with Crippen molar-refractivity contribution in [2.75, 3.05) is 39.8 Å². The molecule has 0 spiro atoms. The molecule has 5 heteroatoms. The van der Waals surface area contributed by atoms with Gasteiger partial charge in [0.25, 0.3) is 0 Å². The first-order chi connectivity index (χ1) is 9.88. The molecule has 1 saturated heterocycles. The maximum atomic E-state index is 9.43. The Morgan fingerprint density at radius 2 is 1.90 bits per heavy atom. The first-order valence-electron chi connectivity index (χ1n) is 7.50. The van der Waals surface area contributed by atoms with Gasteiger partial charge in [-0.15, -0.1) is 0 Å². The average Bonchev–Trinajstić information content (AvgIpc) is 2.43. The number of hydrogen-bond donors (Lipinski definition) is 2. The van der Waals surface area contributed by atoms with Crippen LogP contribution < -0.4 is 5.32 Å². The fourth-order valence-corrected chi connectivity index (χ4v) is 2.90. The van der Waals surface area contributed by atoms with Crippen LogP contribution in [0, 0.1) is 0 Å². The van der Waals surface area contributed by atoms with Crippen molar-refractivity contribution in [1.82, 2.24) is 15.1 Å². The zero-order valence-corrected chi connectivity index (χ0v) is 14.0. The molecule has 1 fully saturated rings. The maximum Gasteiger partial charge on any atom is 0.134 e. The van der Waals surface area contributed by atoms with Crippen molar-refractivity contribution in [2.24, 2.45) is 0 Å². The molecule has 0 atom stereocenters. The SMILES string of the molecule is CN1CCN(C(C)(C)CNCc2ccc(O)c(Cl)c2)CC1. The number of nitrogens with zero attached hydrogens (tertiary/aromatic N) is 2. The third-order valence-corrected chi connectivity index (χ3v) is 4.56. The third-order valence-electron chi connectivity index (χ3n) is 4.26. The molecule has 0 unspecified atom stereocenters. The summed E-state index contributed by atoms with van der Waals surface area (Å²) in [6, 6.07) is 5.36. The normalized spacial score (nSPS) is 18.1. The van der Waals surface area contributed by atoms with Crippen LogP contribution in [0.2, 0.25) is 5.02 Å². The monoisotopic (exact) mass is 311 g/mol. The Morgan fingerprint density at radius 3 is 2.52 bits per heavy atom. The van der Waals surface area contributed by atoms with Gasteiger partial charge in [0.05, 0.1) is 5.02 Å². The van der Waals surface area contributed by atoms with Gasteiger partial charge in [0, 0.05) is 44.8 Å². The predicted molar refractivity (Wildman–Crippen MR) is 88.0 cm³/mol. The molecule has 0 saturated carbocycles. The maximum absolute atomic E-state index is 9.43. The molecule has 0 bridgehead atoms. The summed E-state index contributed by atoms with van der Waals surface area (Å²) < 4.78 is 0. The van der Waals surface area contributed by atoms with Crippen molar-refractivity contribution in [2.45, 2.75) is 25.9 Å². The standard InChI is InChI=1S/C16H26ClN3O/c1-16(2,20-8-6-19(3)7-9-20)12-18-11-13-4-5-15(21)14(17)10-13/h4-5,10,18,21H,6-9,11-12H2,1-3H3. The molecule has 21 heavy (non-hydrogen) atoms. The van der Waals surface area contributed by atoms with Crippen molar-refractivity contribution in [3.63, 3.8) is 0 Å². The van der Waals surface area contributed by atoms with Crippen LogP contribution in [-0.4, -0.2) is 60.2 Å². The quantitative estimate of drug-likeness (QED) is 0.874. The summed E-state index contributed by atoms with van der Waals surface area (Å²) in [7, 11) is 2.18. The van der Waals surface area contributed by atoms with Gasteiger partial charge in [-0.3, -0.25) is 4.90 Å². The van der Waals surface area contributed by atoms with E-state index in [1.807, 2.05) is 12.1 Å². The van der Waals surface area contributed by atoms with E-state index >= 15 is 0 Å². The van der Waals surface area contributed by atoms with Crippen LogP contribution in [-0.2, 0) is 6.54 Å². The highest BCUT2D eigenvalue weighted by atomic mass is 35.5. The first kappa shape index (κ1) is 16.6. The number of rotatable bonds is 5. The minimum atomic E-state index is 0.137. The van der Waals surface area contributed by atoms with E-state index in [9.17, 15) is 5.11 Å². The minimum absolute atomic E-state index is 0.137. The van der Waals surface area contributed by atoms with E-state index in [0.29, 0.717) is 5.02 Å². The number of piperazine rings is 1. The lowest BCUT2D eigenvalue weighted by Crippen LogP contribution is -2.57. The molecule has 4 nitrogen and oxygen atoms in total. The number of phenolic OH excluding ortho intramolecular Hbond substituents is 1. The van der Waals surface area contributed by atoms with Gasteiger partial charge in [0.2, 0.25) is 0 Å². The Bertz CT molecular complexity index is 471. The topological polar surface area (TPSA) is 38.7 Å². The third kappa shape index (κ3) is 4.58. The Morgan fingerprint density at radius 1 is 1.24 bits per heavy atom. The average molecular weight is 312 g/mol. The molecule has 0 aromatic heterocycles. The van der Waals surface area contributed by atoms with Crippen LogP contribution in [0.25, 0.3) is 0 Å². The van der Waals surface area contributed by atoms with E-state index in [4.69, 9.17) is 11.6 Å². The highest BCUT2D eigenvalue weighted by Crippen LogP contribution is 2.23. The molecule has 0 amide bonds. The lowest BCUT2D eigenvalue weighted by Gasteiger charge is -2.43. The molecular weight excluding hydrogens is 286 g/mol. The minimum Gasteiger partial charge on any atom is -0.506 e. The van der Waals surface area contributed by atoms with Crippen LogP contribution in [0.4, 0.5) is 0 Å². The molecule has 0 radical (unpaired) electrons. The van der Waals surface area contributed by atoms with Crippen LogP contribution in [0.1, 0.15) is 19.4 Å². The lowest BCUT2D eigenvalue weighted by atomic mass is 10.0. The molecular formula is C16H26ClN3O. The zero-order valence-electron chi connectivity index (χ0n) is 13.2. The van der Waals surface area contributed by atoms with E-state index in [0.717, 1.165) is 44.8 Å². The number of hydrogen-bond acceptors (Lipinski definition) is 4. The van der Waals surface area contributed by atoms with Gasteiger partial charge < -0.3 is 15.3 Å². The van der Waals surface area contributed by atoms with Gasteiger partial charge in [0.1, 0.15) is 5.75 Å². The molecule has 1 aromatic carbocycles. The van der Waals surface area contributed by atoms with Gasteiger partial charge in [-0.1, -0.05) is 17.7 Å². The second-order valence-corrected chi connectivity index (χ2v) is 6.90. The number of halogens is 1. The molecule has 0 aliphatic carbocycles. The summed E-state index contributed by atoms with van der Waals surface area (Å²) in [5.74, 6) is 0.137. The van der Waals surface area contributed by atoms with Gasteiger partial charge in [-0.05, 0) is 38.6 Å². The summed E-state index contributed by atoms with van der Waals surface area (Å²) in [6.07, 6.45) is 0. The van der Waals surface area contributed by atoms with Gasteiger partial charge in [-0.25, -0.2) is 0 Å². The van der Waals surface area contributed by atoms with E-state index in [2.05, 4.69) is 36.0 Å². The molecule has 1 aliphatic heterocycles. The van der Waals surface area contributed by atoms with E-state index < -0.39 is 0 Å². The van der Waals surface area contributed by atoms with Crippen molar-refractivity contribution in [1.29, 1.82) is 0 Å². The fraction of sp³-hybridized carbons (Fsp3) is 0.625.